The first kappa shape index (κ1) is 16.6. The molecular formula is C16H15ClN4O2S. The maximum absolute atomic E-state index is 12.1. The van der Waals surface area contributed by atoms with Crippen LogP contribution in [0, 0.1) is 0 Å². The second-order valence-corrected chi connectivity index (χ2v) is 7.24. The lowest BCUT2D eigenvalue weighted by Gasteiger charge is -2.07. The third-order valence-electron chi connectivity index (χ3n) is 3.42. The van der Waals surface area contributed by atoms with E-state index in [2.05, 4.69) is 14.8 Å². The van der Waals surface area contributed by atoms with Crippen LogP contribution in [0.4, 0.5) is 0 Å². The Balaban J connectivity index is 1.59. The van der Waals surface area contributed by atoms with Gasteiger partial charge in [-0.05, 0) is 42.3 Å². The van der Waals surface area contributed by atoms with Crippen LogP contribution in [0.5, 0.6) is 0 Å². The molecule has 0 bridgehead atoms. The van der Waals surface area contributed by atoms with Crippen LogP contribution in [0.3, 0.4) is 0 Å². The number of pyridine rings is 1. The highest BCUT2D eigenvalue weighted by Gasteiger charge is 2.13. The topological polar surface area (TPSA) is 76.9 Å². The summed E-state index contributed by atoms with van der Waals surface area (Å²) in [6, 6.07) is 12.5. The van der Waals surface area contributed by atoms with Gasteiger partial charge < -0.3 is 0 Å². The van der Waals surface area contributed by atoms with Gasteiger partial charge in [0.1, 0.15) is 10.0 Å². The zero-order chi connectivity index (χ0) is 17.0. The number of halogens is 1. The molecule has 24 heavy (non-hydrogen) atoms. The van der Waals surface area contributed by atoms with Crippen molar-refractivity contribution in [3.8, 4) is 5.69 Å². The molecule has 0 atom stereocenters. The molecule has 3 rings (SSSR count). The number of sulfonamides is 1. The van der Waals surface area contributed by atoms with E-state index >= 15 is 0 Å². The monoisotopic (exact) mass is 362 g/mol. The lowest BCUT2D eigenvalue weighted by atomic mass is 10.1. The molecule has 0 aliphatic heterocycles. The molecule has 0 amide bonds. The molecule has 1 N–H and O–H groups in total. The van der Waals surface area contributed by atoms with Gasteiger partial charge >= 0.3 is 0 Å². The Bertz CT molecular complexity index is 892. The largest absolute Gasteiger partial charge is 0.243 e. The van der Waals surface area contributed by atoms with Crippen molar-refractivity contribution >= 4 is 21.6 Å². The van der Waals surface area contributed by atoms with E-state index in [1.54, 1.807) is 10.9 Å². The van der Waals surface area contributed by atoms with Gasteiger partial charge in [-0.15, -0.1) is 0 Å². The molecule has 6 nitrogen and oxygen atoms in total. The summed E-state index contributed by atoms with van der Waals surface area (Å²) in [5.41, 5.74) is 1.99. The van der Waals surface area contributed by atoms with E-state index in [9.17, 15) is 8.42 Å². The van der Waals surface area contributed by atoms with Gasteiger partial charge in [0, 0.05) is 25.1 Å². The van der Waals surface area contributed by atoms with Crippen molar-refractivity contribution in [2.45, 2.75) is 11.3 Å². The number of hydrogen-bond donors (Lipinski definition) is 1. The average Bonchev–Trinajstić information content (AvgIpc) is 3.10. The van der Waals surface area contributed by atoms with Gasteiger partial charge in [-0.3, -0.25) is 0 Å². The standard InChI is InChI=1S/C16H15ClN4O2S/c17-16-7-6-15(12-18-16)24(22,23)20-10-8-13-2-4-14(5-3-13)21-11-1-9-19-21/h1-7,9,11-12,20H,8,10H2. The Morgan fingerprint density at radius 3 is 2.54 bits per heavy atom. The van der Waals surface area contributed by atoms with Gasteiger partial charge in [-0.25, -0.2) is 22.8 Å². The maximum atomic E-state index is 12.1. The van der Waals surface area contributed by atoms with Crippen LogP contribution in [-0.2, 0) is 16.4 Å². The van der Waals surface area contributed by atoms with Crippen LogP contribution < -0.4 is 4.72 Å². The predicted molar refractivity (Wildman–Crippen MR) is 91.7 cm³/mol. The fraction of sp³-hybridized carbons (Fsp3) is 0.125. The zero-order valence-electron chi connectivity index (χ0n) is 12.6. The first-order valence-electron chi connectivity index (χ1n) is 7.25. The quantitative estimate of drug-likeness (QED) is 0.683. The van der Waals surface area contributed by atoms with Gasteiger partial charge in [-0.2, -0.15) is 5.10 Å². The third kappa shape index (κ3) is 4.00. The molecule has 0 saturated carbocycles. The van der Waals surface area contributed by atoms with Crippen molar-refractivity contribution < 1.29 is 8.42 Å². The average molecular weight is 363 g/mol. The van der Waals surface area contributed by atoms with Crippen molar-refractivity contribution in [2.75, 3.05) is 6.54 Å². The molecule has 2 heterocycles. The lowest BCUT2D eigenvalue weighted by molar-refractivity contribution is 0.581. The minimum Gasteiger partial charge on any atom is -0.243 e. The second kappa shape index (κ2) is 7.12. The summed E-state index contributed by atoms with van der Waals surface area (Å²) in [5, 5.41) is 4.42. The molecule has 0 aliphatic rings. The summed E-state index contributed by atoms with van der Waals surface area (Å²) in [7, 11) is -3.58. The molecule has 0 radical (unpaired) electrons. The second-order valence-electron chi connectivity index (χ2n) is 5.08. The lowest BCUT2D eigenvalue weighted by Crippen LogP contribution is -2.26. The Hall–Kier alpha value is -2.22. The van der Waals surface area contributed by atoms with Crippen LogP contribution in [0.2, 0.25) is 5.15 Å². The summed E-state index contributed by atoms with van der Waals surface area (Å²) in [5.74, 6) is 0. The molecular weight excluding hydrogens is 348 g/mol. The summed E-state index contributed by atoms with van der Waals surface area (Å²) >= 11 is 5.66. The number of hydrogen-bond acceptors (Lipinski definition) is 4. The molecule has 0 spiro atoms. The molecule has 2 aromatic heterocycles. The van der Waals surface area contributed by atoms with E-state index in [0.29, 0.717) is 13.0 Å². The molecule has 0 aliphatic carbocycles. The van der Waals surface area contributed by atoms with E-state index in [4.69, 9.17) is 11.6 Å². The Morgan fingerprint density at radius 2 is 1.92 bits per heavy atom. The molecule has 0 fully saturated rings. The minimum atomic E-state index is -3.58. The number of aromatic nitrogens is 3. The smallest absolute Gasteiger partial charge is 0.242 e. The SMILES string of the molecule is O=S(=O)(NCCc1ccc(-n2cccn2)cc1)c1ccc(Cl)nc1. The van der Waals surface area contributed by atoms with E-state index in [0.717, 1.165) is 11.3 Å². The number of rotatable bonds is 6. The van der Waals surface area contributed by atoms with E-state index in [-0.39, 0.29) is 10.0 Å². The van der Waals surface area contributed by atoms with E-state index < -0.39 is 10.0 Å². The number of nitrogens with zero attached hydrogens (tertiary/aromatic N) is 3. The molecule has 0 saturated heterocycles. The van der Waals surface area contributed by atoms with Crippen LogP contribution in [-0.4, -0.2) is 29.7 Å². The summed E-state index contributed by atoms with van der Waals surface area (Å²) in [6.07, 6.45) is 5.40. The van der Waals surface area contributed by atoms with Crippen molar-refractivity contribution in [3.05, 3.63) is 71.8 Å². The van der Waals surface area contributed by atoms with E-state index in [1.807, 2.05) is 36.5 Å². The zero-order valence-corrected chi connectivity index (χ0v) is 14.2. The fourth-order valence-corrected chi connectivity index (χ4v) is 3.26. The Morgan fingerprint density at radius 1 is 1.12 bits per heavy atom. The van der Waals surface area contributed by atoms with Crippen LogP contribution in [0.25, 0.3) is 5.69 Å². The van der Waals surface area contributed by atoms with Crippen LogP contribution in [0.15, 0.2) is 66.0 Å². The van der Waals surface area contributed by atoms with Gasteiger partial charge in [0.2, 0.25) is 10.0 Å². The molecule has 124 valence electrons. The van der Waals surface area contributed by atoms with Gasteiger partial charge in [0.05, 0.1) is 5.69 Å². The normalized spacial score (nSPS) is 11.5. The third-order valence-corrected chi connectivity index (χ3v) is 5.09. The van der Waals surface area contributed by atoms with Gasteiger partial charge in [-0.1, -0.05) is 23.7 Å². The van der Waals surface area contributed by atoms with Gasteiger partial charge in [0.15, 0.2) is 0 Å². The fourth-order valence-electron chi connectivity index (χ4n) is 2.17. The Labute approximate surface area is 145 Å². The Kier molecular flexibility index (Phi) is 4.94. The summed E-state index contributed by atoms with van der Waals surface area (Å²) < 4.78 is 28.6. The van der Waals surface area contributed by atoms with E-state index in [1.165, 1.54) is 18.3 Å². The first-order valence-corrected chi connectivity index (χ1v) is 9.11. The summed E-state index contributed by atoms with van der Waals surface area (Å²) in [4.78, 5) is 3.88. The van der Waals surface area contributed by atoms with Crippen molar-refractivity contribution in [1.82, 2.24) is 19.5 Å². The first-order chi connectivity index (χ1) is 11.5. The van der Waals surface area contributed by atoms with Crippen LogP contribution in [0.1, 0.15) is 5.56 Å². The van der Waals surface area contributed by atoms with Crippen molar-refractivity contribution in [3.63, 3.8) is 0 Å². The molecule has 0 unspecified atom stereocenters. The molecule has 1 aromatic carbocycles. The molecule has 8 heteroatoms. The highest BCUT2D eigenvalue weighted by molar-refractivity contribution is 7.89. The minimum absolute atomic E-state index is 0.0981. The highest BCUT2D eigenvalue weighted by atomic mass is 35.5. The van der Waals surface area contributed by atoms with Crippen molar-refractivity contribution in [1.29, 1.82) is 0 Å². The highest BCUT2D eigenvalue weighted by Crippen LogP contribution is 2.12. The number of benzene rings is 1. The van der Waals surface area contributed by atoms with Crippen LogP contribution >= 0.6 is 11.6 Å². The molecule has 3 aromatic rings. The summed E-state index contributed by atoms with van der Waals surface area (Å²) in [6.45, 7) is 0.298. The predicted octanol–water partition coefficient (Wildman–Crippen LogP) is 2.44. The maximum Gasteiger partial charge on any atom is 0.242 e. The number of nitrogens with one attached hydrogen (secondary N) is 1. The van der Waals surface area contributed by atoms with Crippen molar-refractivity contribution in [2.24, 2.45) is 0 Å². The van der Waals surface area contributed by atoms with Gasteiger partial charge in [0.25, 0.3) is 0 Å².